The highest BCUT2D eigenvalue weighted by Gasteiger charge is 2.21. The number of aromatic hydroxyl groups is 1. The Labute approximate surface area is 198 Å². The monoisotopic (exact) mass is 454 g/mol. The Morgan fingerprint density at radius 3 is 2.50 bits per heavy atom. The molecule has 2 aromatic carbocycles. The van der Waals surface area contributed by atoms with Gasteiger partial charge in [0.15, 0.2) is 0 Å². The predicted octanol–water partition coefficient (Wildman–Crippen LogP) is 3.98. The Morgan fingerprint density at radius 1 is 0.971 bits per heavy atom. The molecule has 172 valence electrons. The van der Waals surface area contributed by atoms with Crippen LogP contribution in [0.15, 0.2) is 85.2 Å². The number of aromatic nitrogens is 2. The number of carbonyl (C=O) groups is 1. The fraction of sp³-hybridized carbons (Fsp3) is 0.185. The Bertz CT molecular complexity index is 1270. The van der Waals surface area contributed by atoms with Crippen LogP contribution in [0.1, 0.15) is 11.3 Å². The van der Waals surface area contributed by atoms with Gasteiger partial charge >= 0.3 is 0 Å². The van der Waals surface area contributed by atoms with Gasteiger partial charge in [-0.05, 0) is 48.0 Å². The van der Waals surface area contributed by atoms with Gasteiger partial charge in [0.05, 0.1) is 11.4 Å². The molecule has 0 saturated carbocycles. The molecule has 5 rings (SSSR count). The second kappa shape index (κ2) is 9.70. The highest BCUT2D eigenvalue weighted by Crippen LogP contribution is 2.27. The molecule has 0 spiro atoms. The van der Waals surface area contributed by atoms with E-state index in [0.29, 0.717) is 32.8 Å². The number of carbonyl (C=O) groups excluding carboxylic acids is 1. The normalized spacial score (nSPS) is 14.1. The first-order valence-electron chi connectivity index (χ1n) is 11.3. The van der Waals surface area contributed by atoms with Gasteiger partial charge in [-0.15, -0.1) is 0 Å². The number of para-hydroxylation sites is 2. The van der Waals surface area contributed by atoms with Crippen molar-refractivity contribution in [2.24, 2.45) is 0 Å². The number of phenolic OH excluding ortho intramolecular Hbond substituents is 1. The number of amides is 1. The van der Waals surface area contributed by atoms with Crippen LogP contribution in [0.25, 0.3) is 11.7 Å². The van der Waals surface area contributed by atoms with Crippen molar-refractivity contribution < 1.29 is 14.6 Å². The molecule has 1 fully saturated rings. The average Bonchev–Trinajstić information content (AvgIpc) is 3.30. The van der Waals surface area contributed by atoms with E-state index in [0.717, 1.165) is 28.3 Å². The van der Waals surface area contributed by atoms with E-state index in [1.165, 1.54) is 0 Å². The van der Waals surface area contributed by atoms with Crippen LogP contribution in [-0.2, 0) is 11.4 Å². The highest BCUT2D eigenvalue weighted by molar-refractivity contribution is 5.92. The topological polar surface area (TPSA) is 70.3 Å². The standard InChI is InChI=1S/C27H26N4O3/c32-25-6-2-1-5-24(25)29-15-17-30(18-16-29)27(33)13-10-21-8-11-23(12-9-21)34-20-22-19-31-14-4-3-7-26(31)28-22/h1-14,19,32H,15-18,20H2/b13-10+. The molecule has 4 aromatic rings. The molecule has 1 saturated heterocycles. The zero-order valence-corrected chi connectivity index (χ0v) is 18.7. The van der Waals surface area contributed by atoms with Gasteiger partial charge in [-0.1, -0.05) is 30.3 Å². The van der Waals surface area contributed by atoms with Crippen molar-refractivity contribution >= 4 is 23.3 Å². The first kappa shape index (κ1) is 21.6. The van der Waals surface area contributed by atoms with Crippen molar-refractivity contribution in [2.75, 3.05) is 31.1 Å². The van der Waals surface area contributed by atoms with Crippen LogP contribution >= 0.6 is 0 Å². The second-order valence-corrected chi connectivity index (χ2v) is 8.19. The lowest BCUT2D eigenvalue weighted by Gasteiger charge is -2.35. The van der Waals surface area contributed by atoms with E-state index >= 15 is 0 Å². The lowest BCUT2D eigenvalue weighted by Crippen LogP contribution is -2.48. The maximum atomic E-state index is 12.6. The Morgan fingerprint density at radius 2 is 1.74 bits per heavy atom. The SMILES string of the molecule is O=C(/C=C/c1ccc(OCc2cn3ccccc3n2)cc1)N1CCN(c2ccccc2O)CC1. The number of fused-ring (bicyclic) bond motifs is 1. The molecule has 7 nitrogen and oxygen atoms in total. The summed E-state index contributed by atoms with van der Waals surface area (Å²) in [6.07, 6.45) is 7.36. The van der Waals surface area contributed by atoms with Gasteiger partial charge in [0.2, 0.25) is 5.91 Å². The lowest BCUT2D eigenvalue weighted by atomic mass is 10.2. The smallest absolute Gasteiger partial charge is 0.246 e. The predicted molar refractivity (Wildman–Crippen MR) is 132 cm³/mol. The Hall–Kier alpha value is -4.26. The van der Waals surface area contributed by atoms with E-state index in [1.54, 1.807) is 12.1 Å². The van der Waals surface area contributed by atoms with E-state index in [1.807, 2.05) is 88.4 Å². The molecule has 7 heteroatoms. The maximum absolute atomic E-state index is 12.6. The summed E-state index contributed by atoms with van der Waals surface area (Å²) in [5, 5.41) is 10.0. The minimum Gasteiger partial charge on any atom is -0.506 e. The third-order valence-corrected chi connectivity index (χ3v) is 5.91. The van der Waals surface area contributed by atoms with Crippen molar-refractivity contribution in [1.82, 2.24) is 14.3 Å². The number of nitrogens with zero attached hydrogens (tertiary/aromatic N) is 4. The first-order valence-corrected chi connectivity index (χ1v) is 11.3. The largest absolute Gasteiger partial charge is 0.506 e. The molecular formula is C27H26N4O3. The zero-order valence-electron chi connectivity index (χ0n) is 18.7. The minimum atomic E-state index is -0.0101. The van der Waals surface area contributed by atoms with Crippen LogP contribution in [0, 0.1) is 0 Å². The molecule has 1 aliphatic rings. The van der Waals surface area contributed by atoms with Crippen LogP contribution in [0.3, 0.4) is 0 Å². The molecule has 1 N–H and O–H groups in total. The van der Waals surface area contributed by atoms with Gasteiger partial charge in [-0.2, -0.15) is 0 Å². The van der Waals surface area contributed by atoms with Gasteiger partial charge in [0, 0.05) is 44.6 Å². The highest BCUT2D eigenvalue weighted by atomic mass is 16.5. The van der Waals surface area contributed by atoms with E-state index in [2.05, 4.69) is 9.88 Å². The third kappa shape index (κ3) is 4.88. The summed E-state index contributed by atoms with van der Waals surface area (Å²) in [6.45, 7) is 3.01. The van der Waals surface area contributed by atoms with Crippen molar-refractivity contribution in [1.29, 1.82) is 0 Å². The molecule has 0 atom stereocenters. The summed E-state index contributed by atoms with van der Waals surface area (Å²) >= 11 is 0. The summed E-state index contributed by atoms with van der Waals surface area (Å²) in [6, 6.07) is 20.8. The lowest BCUT2D eigenvalue weighted by molar-refractivity contribution is -0.126. The van der Waals surface area contributed by atoms with Gasteiger partial charge in [-0.25, -0.2) is 4.98 Å². The number of pyridine rings is 1. The number of hydrogen-bond donors (Lipinski definition) is 1. The van der Waals surface area contributed by atoms with E-state index in [-0.39, 0.29) is 11.7 Å². The number of phenols is 1. The van der Waals surface area contributed by atoms with Gasteiger partial charge in [-0.3, -0.25) is 4.79 Å². The van der Waals surface area contributed by atoms with Crippen LogP contribution in [0.5, 0.6) is 11.5 Å². The van der Waals surface area contributed by atoms with Gasteiger partial charge < -0.3 is 24.0 Å². The number of imidazole rings is 1. The van der Waals surface area contributed by atoms with Crippen LogP contribution < -0.4 is 9.64 Å². The van der Waals surface area contributed by atoms with E-state index in [9.17, 15) is 9.90 Å². The summed E-state index contributed by atoms with van der Waals surface area (Å²) in [5.41, 5.74) is 3.50. The summed E-state index contributed by atoms with van der Waals surface area (Å²) < 4.78 is 7.82. The maximum Gasteiger partial charge on any atom is 0.246 e. The van der Waals surface area contributed by atoms with E-state index < -0.39 is 0 Å². The second-order valence-electron chi connectivity index (χ2n) is 8.19. The third-order valence-electron chi connectivity index (χ3n) is 5.91. The molecule has 2 aromatic heterocycles. The van der Waals surface area contributed by atoms with Gasteiger partial charge in [0.1, 0.15) is 23.8 Å². The summed E-state index contributed by atoms with van der Waals surface area (Å²) in [5.74, 6) is 1.01. The number of piperazine rings is 1. The molecular weight excluding hydrogens is 428 g/mol. The number of rotatable bonds is 6. The quantitative estimate of drug-likeness (QED) is 0.446. The molecule has 0 aliphatic carbocycles. The summed E-state index contributed by atoms with van der Waals surface area (Å²) in [4.78, 5) is 21.1. The summed E-state index contributed by atoms with van der Waals surface area (Å²) in [7, 11) is 0. The fourth-order valence-corrected chi connectivity index (χ4v) is 4.06. The van der Waals surface area contributed by atoms with Crippen molar-refractivity contribution in [3.05, 3.63) is 96.5 Å². The van der Waals surface area contributed by atoms with Gasteiger partial charge in [0.25, 0.3) is 0 Å². The molecule has 3 heterocycles. The molecule has 1 aliphatic heterocycles. The van der Waals surface area contributed by atoms with Crippen molar-refractivity contribution in [3.63, 3.8) is 0 Å². The van der Waals surface area contributed by atoms with Crippen molar-refractivity contribution in [2.45, 2.75) is 6.61 Å². The van der Waals surface area contributed by atoms with Crippen LogP contribution in [0.2, 0.25) is 0 Å². The molecule has 0 radical (unpaired) electrons. The fourth-order valence-electron chi connectivity index (χ4n) is 4.06. The Balaban J connectivity index is 1.12. The average molecular weight is 455 g/mol. The number of benzene rings is 2. The minimum absolute atomic E-state index is 0.0101. The number of hydrogen-bond acceptors (Lipinski definition) is 5. The first-order chi connectivity index (χ1) is 16.7. The number of ether oxygens (including phenoxy) is 1. The zero-order chi connectivity index (χ0) is 23.3. The number of anilines is 1. The van der Waals surface area contributed by atoms with Crippen LogP contribution in [-0.4, -0.2) is 51.5 Å². The molecule has 0 bridgehead atoms. The van der Waals surface area contributed by atoms with Crippen molar-refractivity contribution in [3.8, 4) is 11.5 Å². The van der Waals surface area contributed by atoms with Crippen LogP contribution in [0.4, 0.5) is 5.69 Å². The molecule has 0 unspecified atom stereocenters. The molecule has 34 heavy (non-hydrogen) atoms. The Kier molecular flexibility index (Phi) is 6.16. The molecule has 1 amide bonds. The van der Waals surface area contributed by atoms with E-state index in [4.69, 9.17) is 4.74 Å².